The molecular formula is C15H25N3O3S. The summed E-state index contributed by atoms with van der Waals surface area (Å²) in [4.78, 5) is 0. The summed E-state index contributed by atoms with van der Waals surface area (Å²) in [6, 6.07) is 0. The molecule has 0 bridgehead atoms. The maximum absolute atomic E-state index is 12.2. The zero-order chi connectivity index (χ0) is 15.7. The van der Waals surface area contributed by atoms with Crippen LogP contribution < -0.4 is 0 Å². The van der Waals surface area contributed by atoms with Crippen molar-refractivity contribution in [2.24, 2.45) is 5.92 Å². The molecule has 1 aromatic rings. The van der Waals surface area contributed by atoms with E-state index in [-0.39, 0.29) is 11.7 Å². The van der Waals surface area contributed by atoms with Gasteiger partial charge in [0.25, 0.3) is 0 Å². The van der Waals surface area contributed by atoms with Gasteiger partial charge in [-0.2, -0.15) is 9.40 Å². The molecular weight excluding hydrogens is 302 g/mol. The molecule has 0 N–H and O–H groups in total. The molecule has 0 aromatic carbocycles. The van der Waals surface area contributed by atoms with Gasteiger partial charge in [0.2, 0.25) is 10.0 Å². The van der Waals surface area contributed by atoms with Gasteiger partial charge in [-0.15, -0.1) is 0 Å². The first-order valence-electron chi connectivity index (χ1n) is 8.15. The van der Waals surface area contributed by atoms with Crippen LogP contribution in [0.15, 0.2) is 6.20 Å². The molecule has 124 valence electrons. The summed E-state index contributed by atoms with van der Waals surface area (Å²) in [5.41, 5.74) is 2.22. The van der Waals surface area contributed by atoms with E-state index in [4.69, 9.17) is 4.74 Å². The average molecular weight is 327 g/mol. The Morgan fingerprint density at radius 3 is 2.77 bits per heavy atom. The van der Waals surface area contributed by atoms with Crippen LogP contribution in [0.5, 0.6) is 0 Å². The topological polar surface area (TPSA) is 64.4 Å². The van der Waals surface area contributed by atoms with Crippen molar-refractivity contribution in [3.05, 3.63) is 17.5 Å². The second-order valence-electron chi connectivity index (χ2n) is 6.23. The van der Waals surface area contributed by atoms with E-state index in [1.54, 1.807) is 11.2 Å². The third kappa shape index (κ3) is 3.21. The van der Waals surface area contributed by atoms with Gasteiger partial charge in [-0.05, 0) is 32.6 Å². The summed E-state index contributed by atoms with van der Waals surface area (Å²) in [7, 11) is -3.18. The minimum Gasteiger partial charge on any atom is -0.381 e. The lowest BCUT2D eigenvalue weighted by molar-refractivity contribution is 0.118. The smallest absolute Gasteiger partial charge is 0.214 e. The monoisotopic (exact) mass is 327 g/mol. The summed E-state index contributed by atoms with van der Waals surface area (Å²) in [6.07, 6.45) is 4.40. The number of fused-ring (bicyclic) bond motifs is 1. The van der Waals surface area contributed by atoms with Gasteiger partial charge in [-0.1, -0.05) is 0 Å². The van der Waals surface area contributed by atoms with Crippen molar-refractivity contribution in [2.45, 2.75) is 45.7 Å². The molecule has 1 fully saturated rings. The van der Waals surface area contributed by atoms with Crippen LogP contribution in [0.1, 0.15) is 43.9 Å². The summed E-state index contributed by atoms with van der Waals surface area (Å²) < 4.78 is 33.8. The number of nitrogens with zero attached hydrogens (tertiary/aromatic N) is 3. The van der Waals surface area contributed by atoms with Crippen LogP contribution in [-0.2, 0) is 27.8 Å². The van der Waals surface area contributed by atoms with Crippen molar-refractivity contribution >= 4 is 10.0 Å². The Morgan fingerprint density at radius 1 is 1.36 bits per heavy atom. The van der Waals surface area contributed by atoms with Crippen LogP contribution >= 0.6 is 0 Å². The van der Waals surface area contributed by atoms with E-state index in [1.807, 2.05) is 13.1 Å². The van der Waals surface area contributed by atoms with E-state index in [0.717, 1.165) is 18.0 Å². The van der Waals surface area contributed by atoms with Gasteiger partial charge in [-0.25, -0.2) is 8.42 Å². The van der Waals surface area contributed by atoms with Gasteiger partial charge >= 0.3 is 0 Å². The van der Waals surface area contributed by atoms with Crippen LogP contribution in [0.4, 0.5) is 0 Å². The maximum Gasteiger partial charge on any atom is 0.214 e. The van der Waals surface area contributed by atoms with Gasteiger partial charge < -0.3 is 4.74 Å². The lowest BCUT2D eigenvalue weighted by Gasteiger charge is -2.32. The highest BCUT2D eigenvalue weighted by Crippen LogP contribution is 2.35. The van der Waals surface area contributed by atoms with Crippen molar-refractivity contribution in [3.63, 3.8) is 0 Å². The Hall–Kier alpha value is -0.920. The molecule has 6 nitrogen and oxygen atoms in total. The minimum absolute atomic E-state index is 0.0753. The number of rotatable bonds is 7. The minimum atomic E-state index is -3.18. The van der Waals surface area contributed by atoms with Crippen LogP contribution in [0.2, 0.25) is 0 Å². The highest BCUT2D eigenvalue weighted by Gasteiger charge is 2.35. The quantitative estimate of drug-likeness (QED) is 0.763. The van der Waals surface area contributed by atoms with E-state index in [9.17, 15) is 8.42 Å². The third-order valence-corrected chi connectivity index (χ3v) is 6.32. The van der Waals surface area contributed by atoms with E-state index < -0.39 is 10.0 Å². The van der Waals surface area contributed by atoms with Crippen LogP contribution in [-0.4, -0.2) is 48.0 Å². The largest absolute Gasteiger partial charge is 0.381 e. The van der Waals surface area contributed by atoms with Crippen molar-refractivity contribution in [2.75, 3.05) is 25.5 Å². The SMILES string of the molecule is CCOC[C@H]1CN(S(=O)(=O)CC)Cc2cnn(CC3CC3)c21. The first-order valence-corrected chi connectivity index (χ1v) is 9.76. The Kier molecular flexibility index (Phi) is 4.56. The molecule has 1 atom stereocenters. The zero-order valence-electron chi connectivity index (χ0n) is 13.4. The van der Waals surface area contributed by atoms with Crippen LogP contribution in [0.3, 0.4) is 0 Å². The Balaban J connectivity index is 1.88. The number of hydrogen-bond donors (Lipinski definition) is 0. The van der Waals surface area contributed by atoms with Gasteiger partial charge in [0.15, 0.2) is 0 Å². The molecule has 1 aromatic heterocycles. The summed E-state index contributed by atoms with van der Waals surface area (Å²) in [5.74, 6) is 0.959. The van der Waals surface area contributed by atoms with E-state index >= 15 is 0 Å². The predicted molar refractivity (Wildman–Crippen MR) is 84.1 cm³/mol. The van der Waals surface area contributed by atoms with Crippen LogP contribution in [0, 0.1) is 5.92 Å². The normalized spacial score (nSPS) is 22.7. The fourth-order valence-corrected chi connectivity index (χ4v) is 4.20. The standard InChI is InChI=1S/C15H25N3O3S/c1-3-21-11-14-10-17(22(19,20)4-2)9-13-7-16-18(15(13)14)8-12-5-6-12/h7,12,14H,3-6,8-11H2,1-2H3/t14-/m1/s1. The number of hydrogen-bond acceptors (Lipinski definition) is 4. The molecule has 0 amide bonds. The Labute approximate surface area is 132 Å². The molecule has 0 radical (unpaired) electrons. The molecule has 2 aliphatic rings. The molecule has 2 heterocycles. The maximum atomic E-state index is 12.2. The number of aromatic nitrogens is 2. The van der Waals surface area contributed by atoms with Crippen molar-refractivity contribution in [1.82, 2.24) is 14.1 Å². The second-order valence-corrected chi connectivity index (χ2v) is 8.49. The van der Waals surface area contributed by atoms with Gasteiger partial charge in [0.05, 0.1) is 18.6 Å². The molecule has 7 heteroatoms. The van der Waals surface area contributed by atoms with E-state index in [0.29, 0.717) is 26.3 Å². The average Bonchev–Trinajstić information content (AvgIpc) is 3.24. The van der Waals surface area contributed by atoms with Crippen molar-refractivity contribution in [3.8, 4) is 0 Å². The zero-order valence-corrected chi connectivity index (χ0v) is 14.2. The molecule has 1 saturated carbocycles. The number of ether oxygens (including phenoxy) is 1. The fourth-order valence-electron chi connectivity index (χ4n) is 3.09. The number of sulfonamides is 1. The highest BCUT2D eigenvalue weighted by atomic mass is 32.2. The Morgan fingerprint density at radius 2 is 2.14 bits per heavy atom. The van der Waals surface area contributed by atoms with Crippen molar-refractivity contribution in [1.29, 1.82) is 0 Å². The first kappa shape index (κ1) is 16.0. The summed E-state index contributed by atoms with van der Waals surface area (Å²) in [5, 5.41) is 4.52. The van der Waals surface area contributed by atoms with Crippen molar-refractivity contribution < 1.29 is 13.2 Å². The lowest BCUT2D eigenvalue weighted by Crippen LogP contribution is -2.40. The Bertz CT molecular complexity index is 622. The van der Waals surface area contributed by atoms with Gasteiger partial charge in [0, 0.05) is 43.4 Å². The molecule has 1 aliphatic heterocycles. The van der Waals surface area contributed by atoms with E-state index in [1.165, 1.54) is 18.5 Å². The molecule has 0 saturated heterocycles. The molecule has 3 rings (SSSR count). The fraction of sp³-hybridized carbons (Fsp3) is 0.800. The summed E-state index contributed by atoms with van der Waals surface area (Å²) in [6.45, 7) is 6.75. The predicted octanol–water partition coefficient (Wildman–Crippen LogP) is 1.58. The molecule has 22 heavy (non-hydrogen) atoms. The highest BCUT2D eigenvalue weighted by molar-refractivity contribution is 7.89. The second kappa shape index (κ2) is 6.29. The van der Waals surface area contributed by atoms with E-state index in [2.05, 4.69) is 9.78 Å². The summed E-state index contributed by atoms with van der Waals surface area (Å²) >= 11 is 0. The van der Waals surface area contributed by atoms with Gasteiger partial charge in [-0.3, -0.25) is 4.68 Å². The lowest BCUT2D eigenvalue weighted by atomic mass is 9.98. The third-order valence-electron chi connectivity index (χ3n) is 4.53. The van der Waals surface area contributed by atoms with Crippen LogP contribution in [0.25, 0.3) is 0 Å². The van der Waals surface area contributed by atoms with Gasteiger partial charge in [0.1, 0.15) is 0 Å². The first-order chi connectivity index (χ1) is 10.5. The molecule has 0 unspecified atom stereocenters. The molecule has 0 spiro atoms. The molecule has 1 aliphatic carbocycles.